The van der Waals surface area contributed by atoms with Gasteiger partial charge in [-0.1, -0.05) is 17.7 Å². The molecule has 0 atom stereocenters. The third-order valence-electron chi connectivity index (χ3n) is 1.68. The molecule has 1 rings (SSSR count). The highest BCUT2D eigenvalue weighted by atomic mass is 35.5. The fourth-order valence-electron chi connectivity index (χ4n) is 0.963. The fraction of sp³-hybridized carbons (Fsp3) is 0.0909. The molecule has 1 aromatic carbocycles. The van der Waals surface area contributed by atoms with Crippen molar-refractivity contribution in [3.63, 3.8) is 0 Å². The number of benzene rings is 1. The Hall–Kier alpha value is -1.44. The Morgan fingerprint density at radius 2 is 2.25 bits per heavy atom. The van der Waals surface area contributed by atoms with Gasteiger partial charge in [-0.25, -0.2) is 0 Å². The first-order valence-electron chi connectivity index (χ1n) is 4.32. The van der Waals surface area contributed by atoms with Crippen molar-refractivity contribution in [2.45, 2.75) is 11.8 Å². The maximum absolute atomic E-state index is 11.6. The van der Waals surface area contributed by atoms with Crippen LogP contribution in [0.5, 0.6) is 0 Å². The summed E-state index contributed by atoms with van der Waals surface area (Å²) in [5.74, 6) is -0.276. The Morgan fingerprint density at radius 3 is 2.75 bits per heavy atom. The second-order valence-electron chi connectivity index (χ2n) is 2.92. The number of hydrogen-bond acceptors (Lipinski definition) is 4. The summed E-state index contributed by atoms with van der Waals surface area (Å²) >= 11 is 6.61. The van der Waals surface area contributed by atoms with Crippen molar-refractivity contribution in [1.82, 2.24) is 0 Å². The maximum Gasteiger partial charge on any atom is 0.238 e. The first-order valence-corrected chi connectivity index (χ1v) is 5.51. The Morgan fingerprint density at radius 1 is 1.56 bits per heavy atom. The summed E-state index contributed by atoms with van der Waals surface area (Å²) in [6.07, 6.45) is 0. The van der Waals surface area contributed by atoms with E-state index < -0.39 is 5.12 Å². The molecule has 1 N–H and O–H groups in total. The number of aliphatic hydroxyl groups is 1. The molecule has 0 aliphatic carbocycles. The van der Waals surface area contributed by atoms with Crippen molar-refractivity contribution in [3.05, 3.63) is 40.6 Å². The van der Waals surface area contributed by atoms with Gasteiger partial charge in [0.2, 0.25) is 5.12 Å². The molecule has 5 heteroatoms. The highest BCUT2D eigenvalue weighted by molar-refractivity contribution is 8.14. The minimum atomic E-state index is -0.496. The summed E-state index contributed by atoms with van der Waals surface area (Å²) < 4.78 is 0. The standard InChI is InChI=1S/C11H8ClNO2S/c1-7(14)10(6-13)11(15)16-9-4-2-3-8(12)5-9/h2-5,14H,1H3. The molecule has 0 radical (unpaired) electrons. The lowest BCUT2D eigenvalue weighted by atomic mass is 10.3. The molecule has 16 heavy (non-hydrogen) atoms. The molecule has 1 aromatic rings. The van der Waals surface area contributed by atoms with E-state index in [1.807, 2.05) is 0 Å². The first kappa shape index (κ1) is 12.6. The third-order valence-corrected chi connectivity index (χ3v) is 2.80. The molecule has 0 heterocycles. The van der Waals surface area contributed by atoms with Gasteiger partial charge in [-0.05, 0) is 36.9 Å². The highest BCUT2D eigenvalue weighted by Crippen LogP contribution is 2.25. The number of nitrogens with zero attached hydrogens (tertiary/aromatic N) is 1. The zero-order valence-electron chi connectivity index (χ0n) is 8.40. The lowest BCUT2D eigenvalue weighted by Gasteiger charge is -2.00. The zero-order chi connectivity index (χ0) is 12.1. The van der Waals surface area contributed by atoms with Crippen LogP contribution < -0.4 is 0 Å². The number of hydrogen-bond donors (Lipinski definition) is 1. The molecular weight excluding hydrogens is 246 g/mol. The molecule has 0 aromatic heterocycles. The molecule has 0 aliphatic heterocycles. The van der Waals surface area contributed by atoms with Gasteiger partial charge in [0.05, 0.1) is 0 Å². The van der Waals surface area contributed by atoms with E-state index in [0.717, 1.165) is 11.8 Å². The lowest BCUT2D eigenvalue weighted by molar-refractivity contribution is -0.107. The van der Waals surface area contributed by atoms with Gasteiger partial charge in [-0.3, -0.25) is 4.79 Å². The summed E-state index contributed by atoms with van der Waals surface area (Å²) in [5.41, 5.74) is -0.245. The van der Waals surface area contributed by atoms with Crippen molar-refractivity contribution < 1.29 is 9.90 Å². The van der Waals surface area contributed by atoms with Crippen LogP contribution in [0.1, 0.15) is 6.92 Å². The van der Waals surface area contributed by atoms with Crippen LogP contribution in [-0.4, -0.2) is 10.2 Å². The molecular formula is C11H8ClNO2S. The first-order chi connectivity index (χ1) is 7.54. The summed E-state index contributed by atoms with van der Waals surface area (Å²) in [6, 6.07) is 8.38. The summed E-state index contributed by atoms with van der Waals surface area (Å²) in [4.78, 5) is 12.2. The summed E-state index contributed by atoms with van der Waals surface area (Å²) in [6.45, 7) is 1.30. The molecule has 0 bridgehead atoms. The van der Waals surface area contributed by atoms with Crippen molar-refractivity contribution in [1.29, 1.82) is 5.26 Å². The molecule has 82 valence electrons. The van der Waals surface area contributed by atoms with Crippen LogP contribution in [0.2, 0.25) is 5.02 Å². The summed E-state index contributed by atoms with van der Waals surface area (Å²) in [7, 11) is 0. The van der Waals surface area contributed by atoms with E-state index >= 15 is 0 Å². The number of carbonyl (C=O) groups is 1. The van der Waals surface area contributed by atoms with E-state index in [1.165, 1.54) is 6.92 Å². The maximum atomic E-state index is 11.6. The zero-order valence-corrected chi connectivity index (χ0v) is 9.97. The number of thioether (sulfide) groups is 1. The van der Waals surface area contributed by atoms with Gasteiger partial charge in [-0.2, -0.15) is 5.26 Å². The van der Waals surface area contributed by atoms with Gasteiger partial charge in [0.15, 0.2) is 0 Å². The Labute approximate surface area is 102 Å². The molecule has 0 fully saturated rings. The summed E-state index contributed by atoms with van der Waals surface area (Å²) in [5, 5.41) is 17.8. The van der Waals surface area contributed by atoms with Crippen molar-refractivity contribution in [2.75, 3.05) is 0 Å². The van der Waals surface area contributed by atoms with Crippen LogP contribution in [0.25, 0.3) is 0 Å². The normalized spacial score (nSPS) is 11.6. The average Bonchev–Trinajstić information content (AvgIpc) is 2.17. The number of halogens is 1. The monoisotopic (exact) mass is 253 g/mol. The number of nitriles is 1. The predicted octanol–water partition coefficient (Wildman–Crippen LogP) is 3.31. The van der Waals surface area contributed by atoms with Crippen molar-refractivity contribution in [2.24, 2.45) is 0 Å². The second-order valence-corrected chi connectivity index (χ2v) is 4.40. The minimum absolute atomic E-state index is 0.245. The van der Waals surface area contributed by atoms with Gasteiger partial charge in [0, 0.05) is 9.92 Å². The molecule has 0 unspecified atom stereocenters. The molecule has 0 saturated heterocycles. The number of aliphatic hydroxyl groups excluding tert-OH is 1. The van der Waals surface area contributed by atoms with E-state index in [-0.39, 0.29) is 11.3 Å². The topological polar surface area (TPSA) is 61.1 Å². The second kappa shape index (κ2) is 5.59. The minimum Gasteiger partial charge on any atom is -0.511 e. The van der Waals surface area contributed by atoms with E-state index in [1.54, 1.807) is 30.3 Å². The smallest absolute Gasteiger partial charge is 0.238 e. The van der Waals surface area contributed by atoms with Crippen LogP contribution in [0, 0.1) is 11.3 Å². The number of carbonyl (C=O) groups excluding carboxylic acids is 1. The van der Waals surface area contributed by atoms with Crippen LogP contribution in [0.3, 0.4) is 0 Å². The van der Waals surface area contributed by atoms with Crippen LogP contribution in [0.15, 0.2) is 40.5 Å². The van der Waals surface area contributed by atoms with Crippen molar-refractivity contribution in [3.8, 4) is 6.07 Å². The Balaban J connectivity index is 2.88. The van der Waals surface area contributed by atoms with Crippen molar-refractivity contribution >= 4 is 28.5 Å². The number of rotatable bonds is 2. The van der Waals surface area contributed by atoms with E-state index in [2.05, 4.69) is 0 Å². The SMILES string of the molecule is CC(O)=C(C#N)C(=O)Sc1cccc(Cl)c1. The largest absolute Gasteiger partial charge is 0.511 e. The molecule has 0 saturated carbocycles. The third kappa shape index (κ3) is 3.30. The number of allylic oxidation sites excluding steroid dienone is 1. The van der Waals surface area contributed by atoms with Crippen LogP contribution >= 0.6 is 23.4 Å². The quantitative estimate of drug-likeness (QED) is 0.380. The molecule has 0 spiro atoms. The predicted molar refractivity (Wildman–Crippen MR) is 63.3 cm³/mol. The van der Waals surface area contributed by atoms with Gasteiger partial charge < -0.3 is 5.11 Å². The van der Waals surface area contributed by atoms with E-state index in [0.29, 0.717) is 9.92 Å². The molecule has 0 aliphatic rings. The van der Waals surface area contributed by atoms with Gasteiger partial charge in [0.25, 0.3) is 0 Å². The van der Waals surface area contributed by atoms with Gasteiger partial charge in [0.1, 0.15) is 17.4 Å². The fourth-order valence-corrected chi connectivity index (χ4v) is 2.06. The highest BCUT2D eigenvalue weighted by Gasteiger charge is 2.14. The Bertz CT molecular complexity index is 487. The van der Waals surface area contributed by atoms with E-state index in [4.69, 9.17) is 22.0 Å². The van der Waals surface area contributed by atoms with Crippen LogP contribution in [0.4, 0.5) is 0 Å². The molecule has 0 amide bonds. The average molecular weight is 254 g/mol. The van der Waals surface area contributed by atoms with Gasteiger partial charge in [-0.15, -0.1) is 0 Å². The molecule has 3 nitrogen and oxygen atoms in total. The van der Waals surface area contributed by atoms with Gasteiger partial charge >= 0.3 is 0 Å². The Kier molecular flexibility index (Phi) is 4.41. The van der Waals surface area contributed by atoms with E-state index in [9.17, 15) is 4.79 Å². The lowest BCUT2D eigenvalue weighted by Crippen LogP contribution is -1.98. The van der Waals surface area contributed by atoms with Crippen LogP contribution in [-0.2, 0) is 4.79 Å².